The average Bonchev–Trinajstić information content (AvgIpc) is 2.91. The molecule has 0 unspecified atom stereocenters. The third-order valence-corrected chi connectivity index (χ3v) is 4.57. The van der Waals surface area contributed by atoms with Crippen molar-refractivity contribution in [1.82, 2.24) is 10.2 Å². The molecule has 0 atom stereocenters. The van der Waals surface area contributed by atoms with Gasteiger partial charge in [-0.05, 0) is 41.9 Å². The van der Waals surface area contributed by atoms with Crippen LogP contribution in [0.15, 0.2) is 12.1 Å². The highest BCUT2D eigenvalue weighted by molar-refractivity contribution is 7.73. The first-order chi connectivity index (χ1) is 9.71. The largest absolute Gasteiger partial charge is 0.493 e. The van der Waals surface area contributed by atoms with E-state index in [-0.39, 0.29) is 0 Å². The average molecular weight is 309 g/mol. The number of fused-ring (bicyclic) bond motifs is 1. The van der Waals surface area contributed by atoms with Crippen LogP contribution in [0.2, 0.25) is 0 Å². The van der Waals surface area contributed by atoms with Crippen molar-refractivity contribution in [2.75, 3.05) is 25.7 Å². The highest BCUT2D eigenvalue weighted by Gasteiger charge is 2.21. The van der Waals surface area contributed by atoms with Gasteiger partial charge in [-0.25, -0.2) is 0 Å². The van der Waals surface area contributed by atoms with Crippen LogP contribution in [0.3, 0.4) is 0 Å². The highest BCUT2D eigenvalue weighted by atomic mass is 32.1. The van der Waals surface area contributed by atoms with Gasteiger partial charge in [-0.2, -0.15) is 0 Å². The van der Waals surface area contributed by atoms with Crippen LogP contribution in [-0.2, 0) is 13.0 Å². The summed E-state index contributed by atoms with van der Waals surface area (Å²) in [5.74, 6) is 1.55. The lowest BCUT2D eigenvalue weighted by molar-refractivity contribution is 0.353. The van der Waals surface area contributed by atoms with Crippen LogP contribution in [0, 0.1) is 3.95 Å². The maximum atomic E-state index is 5.37. The molecule has 1 N–H and O–H groups in total. The van der Waals surface area contributed by atoms with Crippen LogP contribution in [0.1, 0.15) is 11.1 Å². The lowest BCUT2D eigenvalue weighted by atomic mass is 9.99. The zero-order chi connectivity index (χ0) is 14.1. The quantitative estimate of drug-likeness (QED) is 0.884. The van der Waals surface area contributed by atoms with Crippen LogP contribution in [0.25, 0.3) is 0 Å². The van der Waals surface area contributed by atoms with E-state index >= 15 is 0 Å². The second-order valence-electron chi connectivity index (χ2n) is 4.54. The van der Waals surface area contributed by atoms with Gasteiger partial charge in [0, 0.05) is 13.1 Å². The molecule has 1 aromatic heterocycles. The van der Waals surface area contributed by atoms with Gasteiger partial charge in [-0.15, -0.1) is 5.10 Å². The summed E-state index contributed by atoms with van der Waals surface area (Å²) in [7, 11) is 3.32. The Hall–Kier alpha value is -1.60. The summed E-state index contributed by atoms with van der Waals surface area (Å²) in [4.78, 5) is 2.23. The standard InChI is InChI=1S/C13H15N3O2S2/c1-17-10-5-8-3-4-16(12-14-15-13(19)20-12)7-9(8)6-11(10)18-2/h5-6H,3-4,7H2,1-2H3,(H,15,19). The molecule has 106 valence electrons. The van der Waals surface area contributed by atoms with Gasteiger partial charge in [0.2, 0.25) is 5.13 Å². The van der Waals surface area contributed by atoms with Gasteiger partial charge < -0.3 is 14.4 Å². The van der Waals surface area contributed by atoms with E-state index in [2.05, 4.69) is 21.2 Å². The summed E-state index contributed by atoms with van der Waals surface area (Å²) < 4.78 is 11.4. The van der Waals surface area contributed by atoms with Crippen molar-refractivity contribution < 1.29 is 9.47 Å². The minimum absolute atomic E-state index is 0.707. The van der Waals surface area contributed by atoms with Crippen LogP contribution in [0.4, 0.5) is 5.13 Å². The first kappa shape index (κ1) is 13.4. The number of H-pyrrole nitrogens is 1. The molecule has 0 amide bonds. The molecule has 1 aliphatic rings. The van der Waals surface area contributed by atoms with Gasteiger partial charge >= 0.3 is 0 Å². The van der Waals surface area contributed by atoms with E-state index in [1.165, 1.54) is 22.5 Å². The number of methoxy groups -OCH3 is 2. The fourth-order valence-electron chi connectivity index (χ4n) is 2.40. The summed E-state index contributed by atoms with van der Waals surface area (Å²) in [6.45, 7) is 1.74. The van der Waals surface area contributed by atoms with Crippen LogP contribution >= 0.6 is 23.6 Å². The molecule has 0 aliphatic carbocycles. The van der Waals surface area contributed by atoms with Crippen molar-refractivity contribution >= 4 is 28.7 Å². The van der Waals surface area contributed by atoms with Crippen molar-refractivity contribution in [3.63, 3.8) is 0 Å². The normalized spacial score (nSPS) is 14.0. The number of anilines is 1. The summed E-state index contributed by atoms with van der Waals surface area (Å²) in [6.07, 6.45) is 0.960. The third kappa shape index (κ3) is 2.38. The number of aromatic amines is 1. The summed E-state index contributed by atoms with van der Waals surface area (Å²) in [5.41, 5.74) is 2.55. The number of benzene rings is 1. The fourth-order valence-corrected chi connectivity index (χ4v) is 3.31. The zero-order valence-electron chi connectivity index (χ0n) is 11.3. The summed E-state index contributed by atoms with van der Waals surface area (Å²) in [6, 6.07) is 4.12. The molecule has 0 radical (unpaired) electrons. The summed E-state index contributed by atoms with van der Waals surface area (Å²) in [5, 5.41) is 8.02. The first-order valence-corrected chi connectivity index (χ1v) is 7.48. The second kappa shape index (κ2) is 5.41. The molecule has 20 heavy (non-hydrogen) atoms. The third-order valence-electron chi connectivity index (χ3n) is 3.42. The molecule has 0 fully saturated rings. The molecular weight excluding hydrogens is 294 g/mol. The maximum Gasteiger partial charge on any atom is 0.207 e. The Bertz CT molecular complexity index is 680. The van der Waals surface area contributed by atoms with Crippen LogP contribution in [0.5, 0.6) is 11.5 Å². The van der Waals surface area contributed by atoms with E-state index in [0.29, 0.717) is 3.95 Å². The number of hydrogen-bond acceptors (Lipinski definition) is 6. The molecule has 1 aromatic carbocycles. The van der Waals surface area contributed by atoms with Gasteiger partial charge in [0.05, 0.1) is 14.2 Å². The molecule has 5 nitrogen and oxygen atoms in total. The van der Waals surface area contributed by atoms with Crippen molar-refractivity contribution in [2.45, 2.75) is 13.0 Å². The second-order valence-corrected chi connectivity index (χ2v) is 6.19. The number of nitrogens with one attached hydrogen (secondary N) is 1. The number of hydrogen-bond donors (Lipinski definition) is 1. The zero-order valence-corrected chi connectivity index (χ0v) is 12.9. The van der Waals surface area contributed by atoms with E-state index in [9.17, 15) is 0 Å². The minimum Gasteiger partial charge on any atom is -0.493 e. The highest BCUT2D eigenvalue weighted by Crippen LogP contribution is 2.34. The molecule has 0 saturated heterocycles. The number of ether oxygens (including phenoxy) is 2. The molecule has 0 spiro atoms. The van der Waals surface area contributed by atoms with E-state index in [0.717, 1.165) is 36.1 Å². The lowest BCUT2D eigenvalue weighted by Gasteiger charge is -2.28. The number of aromatic nitrogens is 2. The van der Waals surface area contributed by atoms with E-state index < -0.39 is 0 Å². The SMILES string of the molecule is COc1cc2c(cc1OC)CN(c1n[nH]c(=S)s1)CC2. The number of nitrogens with zero attached hydrogens (tertiary/aromatic N) is 2. The Morgan fingerprint density at radius 2 is 1.95 bits per heavy atom. The van der Waals surface area contributed by atoms with Crippen LogP contribution < -0.4 is 14.4 Å². The fraction of sp³-hybridized carbons (Fsp3) is 0.385. The Morgan fingerprint density at radius 1 is 1.25 bits per heavy atom. The van der Waals surface area contributed by atoms with E-state index in [1.54, 1.807) is 14.2 Å². The van der Waals surface area contributed by atoms with Gasteiger partial charge in [0.1, 0.15) is 0 Å². The van der Waals surface area contributed by atoms with Gasteiger partial charge in [0.25, 0.3) is 0 Å². The molecule has 0 saturated carbocycles. The Morgan fingerprint density at radius 3 is 2.55 bits per heavy atom. The molecule has 3 rings (SSSR count). The molecule has 0 bridgehead atoms. The van der Waals surface area contributed by atoms with Crippen molar-refractivity contribution in [1.29, 1.82) is 0 Å². The molecule has 2 heterocycles. The van der Waals surface area contributed by atoms with Crippen molar-refractivity contribution in [3.05, 3.63) is 27.2 Å². The van der Waals surface area contributed by atoms with Crippen molar-refractivity contribution in [2.24, 2.45) is 0 Å². The minimum atomic E-state index is 0.707. The van der Waals surface area contributed by atoms with E-state index in [1.807, 2.05) is 6.07 Å². The summed E-state index contributed by atoms with van der Waals surface area (Å²) >= 11 is 6.59. The van der Waals surface area contributed by atoms with Crippen molar-refractivity contribution in [3.8, 4) is 11.5 Å². The molecule has 7 heteroatoms. The number of rotatable bonds is 3. The Labute approximate surface area is 126 Å². The predicted octanol–water partition coefficient (Wildman–Crippen LogP) is 2.78. The predicted molar refractivity (Wildman–Crippen MR) is 81.6 cm³/mol. The van der Waals surface area contributed by atoms with Crippen LogP contribution in [-0.4, -0.2) is 31.0 Å². The van der Waals surface area contributed by atoms with Gasteiger partial charge in [-0.3, -0.25) is 5.10 Å². The molecule has 2 aromatic rings. The smallest absolute Gasteiger partial charge is 0.207 e. The monoisotopic (exact) mass is 309 g/mol. The van der Waals surface area contributed by atoms with Gasteiger partial charge in [-0.1, -0.05) is 11.3 Å². The Kier molecular flexibility index (Phi) is 3.62. The molecule has 1 aliphatic heterocycles. The Balaban J connectivity index is 1.92. The first-order valence-electron chi connectivity index (χ1n) is 6.25. The topological polar surface area (TPSA) is 50.4 Å². The van der Waals surface area contributed by atoms with Gasteiger partial charge in [0.15, 0.2) is 15.5 Å². The maximum absolute atomic E-state index is 5.37. The van der Waals surface area contributed by atoms with E-state index in [4.69, 9.17) is 21.7 Å². The molecular formula is C13H15N3O2S2. The lowest BCUT2D eigenvalue weighted by Crippen LogP contribution is -2.30.